The van der Waals surface area contributed by atoms with Crippen LogP contribution in [0.2, 0.25) is 0 Å². The quantitative estimate of drug-likeness (QED) is 0.503. The van der Waals surface area contributed by atoms with Crippen LogP contribution in [0.3, 0.4) is 0 Å². The van der Waals surface area contributed by atoms with Crippen molar-refractivity contribution in [3.63, 3.8) is 0 Å². The molecule has 0 bridgehead atoms. The Balaban J connectivity index is 1.79. The summed E-state index contributed by atoms with van der Waals surface area (Å²) >= 11 is 0. The van der Waals surface area contributed by atoms with Gasteiger partial charge < -0.3 is 8.98 Å². The van der Waals surface area contributed by atoms with Crippen molar-refractivity contribution < 1.29 is 4.42 Å². The molecule has 0 aliphatic rings. The Morgan fingerprint density at radius 2 is 2.00 bits per heavy atom. The molecule has 0 saturated carbocycles. The number of benzene rings is 1. The first-order valence-corrected chi connectivity index (χ1v) is 7.58. The van der Waals surface area contributed by atoms with Crippen LogP contribution in [-0.4, -0.2) is 4.57 Å². The van der Waals surface area contributed by atoms with Crippen molar-refractivity contribution in [3.8, 4) is 17.5 Å². The number of nitriles is 1. The van der Waals surface area contributed by atoms with Crippen molar-refractivity contribution in [3.05, 3.63) is 89.2 Å². The summed E-state index contributed by atoms with van der Waals surface area (Å²) in [7, 11) is 0. The molecular formula is C20H15N3O. The summed E-state index contributed by atoms with van der Waals surface area (Å²) in [6.07, 6.45) is 4.41. The number of furan rings is 1. The van der Waals surface area contributed by atoms with Crippen molar-refractivity contribution in [1.29, 1.82) is 5.26 Å². The third-order valence-corrected chi connectivity index (χ3v) is 3.71. The zero-order valence-electron chi connectivity index (χ0n) is 13.0. The normalized spacial score (nSPS) is 11.0. The Labute approximate surface area is 140 Å². The number of aromatic nitrogens is 1. The van der Waals surface area contributed by atoms with E-state index in [1.165, 1.54) is 11.6 Å². The molecule has 0 saturated heterocycles. The standard InChI is InChI=1S/C20H15N3O/c1-22-17(15-21)14-18-9-10-20(24-18)19-8-5-12-23(19)13-11-16-6-3-2-4-7-16/h2-10,12,14H,11,13H2/b17-14-. The molecular weight excluding hydrogens is 298 g/mol. The van der Waals surface area contributed by atoms with Crippen LogP contribution in [0.1, 0.15) is 11.3 Å². The summed E-state index contributed by atoms with van der Waals surface area (Å²) in [6, 6.07) is 19.8. The van der Waals surface area contributed by atoms with Crippen LogP contribution in [0.4, 0.5) is 0 Å². The molecule has 4 heteroatoms. The molecule has 0 radical (unpaired) electrons. The van der Waals surface area contributed by atoms with Crippen molar-refractivity contribution in [2.45, 2.75) is 13.0 Å². The Morgan fingerprint density at radius 3 is 2.75 bits per heavy atom. The third-order valence-electron chi connectivity index (χ3n) is 3.71. The predicted molar refractivity (Wildman–Crippen MR) is 92.5 cm³/mol. The van der Waals surface area contributed by atoms with Gasteiger partial charge in [-0.1, -0.05) is 30.3 Å². The summed E-state index contributed by atoms with van der Waals surface area (Å²) < 4.78 is 7.90. The van der Waals surface area contributed by atoms with E-state index < -0.39 is 0 Å². The lowest BCUT2D eigenvalue weighted by Gasteiger charge is -2.07. The SMILES string of the molecule is [C-]#[N+]/C(C#N)=C\c1ccc(-c2cccn2CCc2ccccc2)o1. The van der Waals surface area contributed by atoms with Crippen LogP contribution in [0.25, 0.3) is 22.4 Å². The predicted octanol–water partition coefficient (Wildman–Crippen LogP) is 4.77. The molecule has 2 aromatic heterocycles. The van der Waals surface area contributed by atoms with Gasteiger partial charge in [-0.25, -0.2) is 10.1 Å². The fourth-order valence-corrected chi connectivity index (χ4v) is 2.52. The van der Waals surface area contributed by atoms with Gasteiger partial charge >= 0.3 is 0 Å². The van der Waals surface area contributed by atoms with Crippen LogP contribution in [0.5, 0.6) is 0 Å². The highest BCUT2D eigenvalue weighted by Crippen LogP contribution is 2.24. The highest BCUT2D eigenvalue weighted by Gasteiger charge is 2.09. The first-order chi connectivity index (χ1) is 11.8. The van der Waals surface area contributed by atoms with E-state index in [4.69, 9.17) is 16.3 Å². The van der Waals surface area contributed by atoms with Gasteiger partial charge in [-0.2, -0.15) is 0 Å². The van der Waals surface area contributed by atoms with E-state index in [0.29, 0.717) is 5.76 Å². The minimum atomic E-state index is 0.00959. The van der Waals surface area contributed by atoms with Gasteiger partial charge in [0.25, 0.3) is 5.70 Å². The van der Waals surface area contributed by atoms with Crippen LogP contribution >= 0.6 is 0 Å². The monoisotopic (exact) mass is 313 g/mol. The smallest absolute Gasteiger partial charge is 0.265 e. The molecule has 0 N–H and O–H groups in total. The van der Waals surface area contributed by atoms with Gasteiger partial charge in [0.15, 0.2) is 5.76 Å². The van der Waals surface area contributed by atoms with E-state index >= 15 is 0 Å². The van der Waals surface area contributed by atoms with E-state index in [1.807, 2.05) is 48.7 Å². The summed E-state index contributed by atoms with van der Waals surface area (Å²) in [5.74, 6) is 1.23. The van der Waals surface area contributed by atoms with E-state index in [0.717, 1.165) is 24.4 Å². The number of hydrogen-bond acceptors (Lipinski definition) is 2. The zero-order chi connectivity index (χ0) is 16.8. The molecule has 0 atom stereocenters. The number of allylic oxidation sites excluding steroid dienone is 1. The molecule has 0 unspecified atom stereocenters. The maximum Gasteiger partial charge on any atom is 0.265 e. The van der Waals surface area contributed by atoms with Crippen LogP contribution in [0, 0.1) is 17.9 Å². The second kappa shape index (κ2) is 7.17. The summed E-state index contributed by atoms with van der Waals surface area (Å²) in [6.45, 7) is 7.77. The Morgan fingerprint density at radius 1 is 1.17 bits per heavy atom. The molecule has 4 nitrogen and oxygen atoms in total. The molecule has 0 amide bonds. The highest BCUT2D eigenvalue weighted by atomic mass is 16.3. The van der Waals surface area contributed by atoms with Crippen LogP contribution in [-0.2, 0) is 13.0 Å². The molecule has 3 rings (SSSR count). The van der Waals surface area contributed by atoms with E-state index in [9.17, 15) is 0 Å². The lowest BCUT2D eigenvalue weighted by atomic mass is 10.1. The molecule has 1 aromatic carbocycles. The first-order valence-electron chi connectivity index (χ1n) is 7.58. The van der Waals surface area contributed by atoms with Crippen molar-refractivity contribution in [2.24, 2.45) is 0 Å². The average molecular weight is 313 g/mol. The minimum absolute atomic E-state index is 0.00959. The second-order valence-corrected chi connectivity index (χ2v) is 5.28. The van der Waals surface area contributed by atoms with Gasteiger partial charge in [0, 0.05) is 12.7 Å². The lowest BCUT2D eigenvalue weighted by molar-refractivity contribution is 0.561. The summed E-state index contributed by atoms with van der Waals surface area (Å²) in [5.41, 5.74) is 2.28. The number of nitrogens with zero attached hydrogens (tertiary/aromatic N) is 3. The number of hydrogen-bond donors (Lipinski definition) is 0. The molecule has 24 heavy (non-hydrogen) atoms. The third kappa shape index (κ3) is 3.45. The van der Waals surface area contributed by atoms with Crippen LogP contribution in [0.15, 0.2) is 70.9 Å². The van der Waals surface area contributed by atoms with E-state index in [1.54, 1.807) is 6.07 Å². The van der Waals surface area contributed by atoms with Gasteiger partial charge in [-0.05, 0) is 42.3 Å². The fourth-order valence-electron chi connectivity index (χ4n) is 2.52. The largest absolute Gasteiger partial charge is 0.456 e. The number of aryl methyl sites for hydroxylation is 2. The Hall–Kier alpha value is -3.50. The van der Waals surface area contributed by atoms with Crippen molar-refractivity contribution in [2.75, 3.05) is 0 Å². The molecule has 3 aromatic rings. The van der Waals surface area contributed by atoms with Gasteiger partial charge in [-0.15, -0.1) is 0 Å². The molecule has 0 fully saturated rings. The summed E-state index contributed by atoms with van der Waals surface area (Å²) in [4.78, 5) is 3.14. The Bertz CT molecular complexity index is 917. The summed E-state index contributed by atoms with van der Waals surface area (Å²) in [5, 5.41) is 8.82. The van der Waals surface area contributed by atoms with Gasteiger partial charge in [0.1, 0.15) is 5.76 Å². The average Bonchev–Trinajstić information content (AvgIpc) is 3.27. The fraction of sp³-hybridized carbons (Fsp3) is 0.100. The first kappa shape index (κ1) is 15.4. The highest BCUT2D eigenvalue weighted by molar-refractivity contribution is 5.60. The topological polar surface area (TPSA) is 46.2 Å². The molecule has 0 spiro atoms. The van der Waals surface area contributed by atoms with Gasteiger partial charge in [0.05, 0.1) is 18.3 Å². The number of rotatable bonds is 5. The molecule has 2 heterocycles. The Kier molecular flexibility index (Phi) is 4.60. The maximum absolute atomic E-state index is 8.82. The maximum atomic E-state index is 8.82. The van der Waals surface area contributed by atoms with E-state index in [-0.39, 0.29) is 5.70 Å². The van der Waals surface area contributed by atoms with E-state index in [2.05, 4.69) is 21.5 Å². The van der Waals surface area contributed by atoms with Crippen molar-refractivity contribution >= 4 is 6.08 Å². The zero-order valence-corrected chi connectivity index (χ0v) is 13.0. The van der Waals surface area contributed by atoms with Gasteiger partial charge in [0.2, 0.25) is 0 Å². The molecule has 0 aliphatic carbocycles. The van der Waals surface area contributed by atoms with Gasteiger partial charge in [-0.3, -0.25) is 0 Å². The molecule has 116 valence electrons. The molecule has 0 aliphatic heterocycles. The second-order valence-electron chi connectivity index (χ2n) is 5.28. The van der Waals surface area contributed by atoms with Crippen LogP contribution < -0.4 is 0 Å². The minimum Gasteiger partial charge on any atom is -0.456 e. The lowest BCUT2D eigenvalue weighted by Crippen LogP contribution is -2.01. The van der Waals surface area contributed by atoms with Crippen molar-refractivity contribution in [1.82, 2.24) is 4.57 Å².